The molecule has 1 aliphatic rings. The molecule has 0 radical (unpaired) electrons. The second-order valence-corrected chi connectivity index (χ2v) is 7.99. The first kappa shape index (κ1) is 19.1. The number of nitrogens with two attached hydrogens (primary N) is 1. The Bertz CT molecular complexity index is 1380. The van der Waals surface area contributed by atoms with Crippen molar-refractivity contribution in [2.75, 3.05) is 11.1 Å². The molecule has 1 amide bonds. The van der Waals surface area contributed by atoms with E-state index in [2.05, 4.69) is 20.4 Å². The van der Waals surface area contributed by atoms with E-state index in [4.69, 9.17) is 5.73 Å². The number of carbonyl (C=O) groups is 1. The van der Waals surface area contributed by atoms with E-state index in [1.165, 1.54) is 22.9 Å². The average molecular weight is 420 g/mol. The van der Waals surface area contributed by atoms with Crippen LogP contribution in [0.4, 0.5) is 20.4 Å². The Morgan fingerprint density at radius 2 is 1.90 bits per heavy atom. The number of rotatable bonds is 3. The van der Waals surface area contributed by atoms with Gasteiger partial charge < -0.3 is 11.1 Å². The Hall–Kier alpha value is -3.88. The van der Waals surface area contributed by atoms with E-state index < -0.39 is 11.2 Å². The number of hydrogen-bond donors (Lipinski definition) is 2. The van der Waals surface area contributed by atoms with Gasteiger partial charge in [-0.05, 0) is 38.1 Å². The number of nitrogen functional groups attached to an aromatic ring is 1. The highest BCUT2D eigenvalue weighted by molar-refractivity contribution is 6.06. The number of halogens is 2. The number of benzene rings is 2. The van der Waals surface area contributed by atoms with Gasteiger partial charge in [0.2, 0.25) is 5.91 Å². The molecule has 0 bridgehead atoms. The summed E-state index contributed by atoms with van der Waals surface area (Å²) in [5.41, 5.74) is 7.09. The van der Waals surface area contributed by atoms with Crippen molar-refractivity contribution < 1.29 is 13.6 Å². The van der Waals surface area contributed by atoms with Crippen LogP contribution < -0.4 is 11.1 Å². The van der Waals surface area contributed by atoms with Crippen molar-refractivity contribution in [1.82, 2.24) is 19.7 Å². The van der Waals surface area contributed by atoms with Gasteiger partial charge in [-0.2, -0.15) is 5.10 Å². The molecule has 4 aromatic rings. The van der Waals surface area contributed by atoms with Crippen molar-refractivity contribution >= 4 is 28.4 Å². The van der Waals surface area contributed by atoms with E-state index in [-0.39, 0.29) is 29.9 Å². The molecule has 0 saturated heterocycles. The van der Waals surface area contributed by atoms with Gasteiger partial charge in [-0.25, -0.2) is 18.7 Å². The van der Waals surface area contributed by atoms with Crippen molar-refractivity contribution in [1.29, 1.82) is 0 Å². The number of anilines is 2. The van der Waals surface area contributed by atoms with Crippen molar-refractivity contribution in [2.24, 2.45) is 0 Å². The second-order valence-electron chi connectivity index (χ2n) is 7.99. The highest BCUT2D eigenvalue weighted by atomic mass is 19.1. The van der Waals surface area contributed by atoms with Crippen LogP contribution in [-0.2, 0) is 16.8 Å². The van der Waals surface area contributed by atoms with Crippen LogP contribution in [0.2, 0.25) is 0 Å². The van der Waals surface area contributed by atoms with E-state index in [0.717, 1.165) is 0 Å². The maximum Gasteiger partial charge on any atom is 0.235 e. The van der Waals surface area contributed by atoms with Gasteiger partial charge in [-0.3, -0.25) is 9.48 Å². The summed E-state index contributed by atoms with van der Waals surface area (Å²) < 4.78 is 29.7. The Morgan fingerprint density at radius 1 is 1.13 bits per heavy atom. The topological polar surface area (TPSA) is 98.7 Å². The van der Waals surface area contributed by atoms with Crippen molar-refractivity contribution in [3.63, 3.8) is 0 Å². The lowest BCUT2D eigenvalue weighted by Gasteiger charge is -2.15. The van der Waals surface area contributed by atoms with E-state index in [1.807, 2.05) is 0 Å². The Kier molecular flexibility index (Phi) is 4.04. The van der Waals surface area contributed by atoms with Crippen molar-refractivity contribution in [3.8, 4) is 11.5 Å². The summed E-state index contributed by atoms with van der Waals surface area (Å²) in [7, 11) is 0. The maximum atomic E-state index is 14.2. The molecular formula is C22H18F2N6O. The third kappa shape index (κ3) is 2.92. The molecule has 7 nitrogen and oxygen atoms in total. The average Bonchev–Trinajstić information content (AvgIpc) is 3.17. The van der Waals surface area contributed by atoms with Crippen LogP contribution in [0.25, 0.3) is 22.4 Å². The molecule has 0 aliphatic carbocycles. The van der Waals surface area contributed by atoms with Crippen LogP contribution in [0.3, 0.4) is 0 Å². The molecule has 156 valence electrons. The first-order valence-electron chi connectivity index (χ1n) is 9.65. The predicted molar refractivity (Wildman–Crippen MR) is 112 cm³/mol. The van der Waals surface area contributed by atoms with E-state index in [0.29, 0.717) is 33.5 Å². The van der Waals surface area contributed by atoms with Gasteiger partial charge >= 0.3 is 0 Å². The smallest absolute Gasteiger partial charge is 0.235 e. The largest absolute Gasteiger partial charge is 0.383 e. The highest BCUT2D eigenvalue weighted by Gasteiger charge is 2.42. The normalized spacial score (nSPS) is 14.6. The number of nitrogens with one attached hydrogen (secondary N) is 1. The lowest BCUT2D eigenvalue weighted by molar-refractivity contribution is -0.119. The number of amides is 1. The van der Waals surface area contributed by atoms with E-state index in [9.17, 15) is 13.6 Å². The number of hydrogen-bond acceptors (Lipinski definition) is 5. The quantitative estimate of drug-likeness (QED) is 0.527. The zero-order valence-corrected chi connectivity index (χ0v) is 16.8. The fraction of sp³-hybridized carbons (Fsp3) is 0.182. The van der Waals surface area contributed by atoms with E-state index in [1.54, 1.807) is 38.1 Å². The molecule has 5 rings (SSSR count). The summed E-state index contributed by atoms with van der Waals surface area (Å²) in [6.45, 7) is 3.58. The number of fused-ring (bicyclic) bond motifs is 2. The third-order valence-corrected chi connectivity index (χ3v) is 5.57. The number of aromatic nitrogens is 4. The van der Waals surface area contributed by atoms with E-state index >= 15 is 0 Å². The predicted octanol–water partition coefficient (Wildman–Crippen LogP) is 3.63. The van der Waals surface area contributed by atoms with Crippen LogP contribution in [0.1, 0.15) is 25.0 Å². The Labute approximate surface area is 175 Å². The summed E-state index contributed by atoms with van der Waals surface area (Å²) in [5.74, 6) is -0.362. The molecule has 0 atom stereocenters. The monoisotopic (exact) mass is 420 g/mol. The minimum absolute atomic E-state index is 0.0941. The molecule has 0 fully saturated rings. The standard InChI is InChI=1S/C22H18F2N6O/c1-22(2)16-18(25)26-20(27-19(16)28-21(22)31)17-13-8-7-12(23)9-15(13)30(29-17)10-11-5-3-4-6-14(11)24/h3-9H,10H2,1-2H3,(H3,25,26,27,28,31). The van der Waals surface area contributed by atoms with Crippen LogP contribution >= 0.6 is 0 Å². The first-order chi connectivity index (χ1) is 14.8. The lowest BCUT2D eigenvalue weighted by atomic mass is 9.87. The zero-order valence-electron chi connectivity index (χ0n) is 16.8. The van der Waals surface area contributed by atoms with Gasteiger partial charge in [0.15, 0.2) is 5.82 Å². The van der Waals surface area contributed by atoms with Crippen LogP contribution in [0, 0.1) is 11.6 Å². The minimum atomic E-state index is -0.854. The van der Waals surface area contributed by atoms with Gasteiger partial charge in [0.25, 0.3) is 0 Å². The molecule has 31 heavy (non-hydrogen) atoms. The second kappa shape index (κ2) is 6.56. The Morgan fingerprint density at radius 3 is 2.68 bits per heavy atom. The van der Waals surface area contributed by atoms with Crippen LogP contribution in [-0.4, -0.2) is 25.7 Å². The van der Waals surface area contributed by atoms with Crippen molar-refractivity contribution in [2.45, 2.75) is 25.8 Å². The summed E-state index contributed by atoms with van der Waals surface area (Å²) in [5, 5.41) is 7.87. The summed E-state index contributed by atoms with van der Waals surface area (Å²) in [4.78, 5) is 21.2. The molecule has 2 aromatic carbocycles. The van der Waals surface area contributed by atoms with Gasteiger partial charge in [0.1, 0.15) is 29.0 Å². The number of carbonyl (C=O) groups excluding carboxylic acids is 1. The maximum absolute atomic E-state index is 14.2. The SMILES string of the molecule is CC1(C)C(=O)Nc2nc(-c3nn(Cc4ccccc4F)c4cc(F)ccc34)nc(N)c21. The molecule has 0 saturated carbocycles. The molecule has 1 aliphatic heterocycles. The summed E-state index contributed by atoms with van der Waals surface area (Å²) in [6, 6.07) is 10.5. The third-order valence-electron chi connectivity index (χ3n) is 5.57. The molecule has 0 spiro atoms. The minimum Gasteiger partial charge on any atom is -0.383 e. The number of nitrogens with zero attached hydrogens (tertiary/aromatic N) is 4. The Balaban J connectivity index is 1.69. The molecule has 9 heteroatoms. The van der Waals surface area contributed by atoms with Crippen LogP contribution in [0.5, 0.6) is 0 Å². The lowest BCUT2D eigenvalue weighted by Crippen LogP contribution is -2.27. The van der Waals surface area contributed by atoms with Crippen LogP contribution in [0.15, 0.2) is 42.5 Å². The zero-order chi connectivity index (χ0) is 21.9. The van der Waals surface area contributed by atoms with Gasteiger partial charge in [0, 0.05) is 10.9 Å². The molecule has 3 N–H and O–H groups in total. The summed E-state index contributed by atoms with van der Waals surface area (Å²) in [6.07, 6.45) is 0. The van der Waals surface area contributed by atoms with Gasteiger partial charge in [0.05, 0.1) is 23.0 Å². The molecular weight excluding hydrogens is 402 g/mol. The molecule has 3 heterocycles. The van der Waals surface area contributed by atoms with Gasteiger partial charge in [-0.15, -0.1) is 0 Å². The first-order valence-corrected chi connectivity index (χ1v) is 9.65. The fourth-order valence-corrected chi connectivity index (χ4v) is 3.89. The summed E-state index contributed by atoms with van der Waals surface area (Å²) >= 11 is 0. The van der Waals surface area contributed by atoms with Gasteiger partial charge in [-0.1, -0.05) is 18.2 Å². The fourth-order valence-electron chi connectivity index (χ4n) is 3.89. The van der Waals surface area contributed by atoms with Crippen molar-refractivity contribution in [3.05, 3.63) is 65.2 Å². The highest BCUT2D eigenvalue weighted by Crippen LogP contribution is 2.40. The molecule has 0 unspecified atom stereocenters. The molecule has 2 aromatic heterocycles.